The number of pyridine rings is 2. The molecule has 0 saturated heterocycles. The van der Waals surface area contributed by atoms with E-state index in [1.54, 1.807) is 23.4 Å². The molecule has 0 aliphatic rings. The number of benzene rings is 1. The molecule has 7 nitrogen and oxygen atoms in total. The van der Waals surface area contributed by atoms with Gasteiger partial charge in [0.2, 0.25) is 5.91 Å². The smallest absolute Gasteiger partial charge is 0.232 e. The van der Waals surface area contributed by atoms with E-state index in [9.17, 15) is 4.79 Å². The lowest BCUT2D eigenvalue weighted by atomic mass is 10.0. The van der Waals surface area contributed by atoms with Crippen molar-refractivity contribution in [3.05, 3.63) is 72.2 Å². The predicted molar refractivity (Wildman–Crippen MR) is 150 cm³/mol. The Morgan fingerprint density at radius 3 is 2.67 bits per heavy atom. The average Bonchev–Trinajstić information content (AvgIpc) is 2.84. The number of hydrogen-bond acceptors (Lipinski definition) is 7. The molecule has 0 radical (unpaired) electrons. The van der Waals surface area contributed by atoms with Gasteiger partial charge in [-0.3, -0.25) is 9.78 Å². The normalized spacial score (nSPS) is 11.6. The minimum absolute atomic E-state index is 0.0508. The minimum Gasteiger partial charge on any atom is -0.486 e. The summed E-state index contributed by atoms with van der Waals surface area (Å²) in [6.07, 6.45) is 7.11. The van der Waals surface area contributed by atoms with Gasteiger partial charge in [0.25, 0.3) is 0 Å². The van der Waals surface area contributed by atoms with Gasteiger partial charge in [-0.1, -0.05) is 24.8 Å². The second-order valence-electron chi connectivity index (χ2n) is 9.03. The molecule has 1 amide bonds. The minimum atomic E-state index is 0.0508. The van der Waals surface area contributed by atoms with E-state index in [4.69, 9.17) is 15.5 Å². The fourth-order valence-electron chi connectivity index (χ4n) is 3.71. The Kier molecular flexibility index (Phi) is 8.98. The number of fused-ring (bicyclic) bond motifs is 1. The third-order valence-electron chi connectivity index (χ3n) is 5.91. The zero-order chi connectivity index (χ0) is 26.4. The Labute approximate surface area is 218 Å². The Morgan fingerprint density at radius 2 is 2.00 bits per heavy atom. The van der Waals surface area contributed by atoms with Crippen LogP contribution in [0, 0.1) is 6.92 Å². The van der Waals surface area contributed by atoms with E-state index in [2.05, 4.69) is 22.5 Å². The summed E-state index contributed by atoms with van der Waals surface area (Å²) in [4.78, 5) is 26.1. The van der Waals surface area contributed by atoms with E-state index in [0.717, 1.165) is 38.3 Å². The first-order chi connectivity index (χ1) is 17.1. The summed E-state index contributed by atoms with van der Waals surface area (Å²) in [5.41, 5.74) is 11.4. The van der Waals surface area contributed by atoms with Crippen molar-refractivity contribution in [2.24, 2.45) is 0 Å². The zero-order valence-electron chi connectivity index (χ0n) is 21.9. The van der Waals surface area contributed by atoms with Gasteiger partial charge in [0.1, 0.15) is 17.9 Å². The number of aryl methyl sites for hydroxylation is 1. The number of anilines is 1. The molecule has 0 spiro atoms. The number of carbonyl (C=O) groups excluding carboxylic acids is 1. The molecule has 0 aliphatic carbocycles. The summed E-state index contributed by atoms with van der Waals surface area (Å²) in [6, 6.07) is 8.13. The van der Waals surface area contributed by atoms with E-state index in [0.29, 0.717) is 17.2 Å². The van der Waals surface area contributed by atoms with Crippen LogP contribution in [0.2, 0.25) is 0 Å². The third kappa shape index (κ3) is 6.18. The van der Waals surface area contributed by atoms with Crippen LogP contribution < -0.4 is 10.5 Å². The highest BCUT2D eigenvalue weighted by Crippen LogP contribution is 2.33. The quantitative estimate of drug-likeness (QED) is 0.301. The highest BCUT2D eigenvalue weighted by molar-refractivity contribution is 8.00. The van der Waals surface area contributed by atoms with Crippen LogP contribution in [-0.2, 0) is 11.4 Å². The number of allylic oxidation sites excluding steroid dienone is 2. The fourth-order valence-corrected chi connectivity index (χ4v) is 4.68. The van der Waals surface area contributed by atoms with Crippen LogP contribution in [0.5, 0.6) is 5.75 Å². The van der Waals surface area contributed by atoms with Gasteiger partial charge in [-0.05, 0) is 39.0 Å². The molecule has 0 bridgehead atoms. The number of para-hydroxylation sites is 1. The highest BCUT2D eigenvalue weighted by atomic mass is 32.2. The van der Waals surface area contributed by atoms with Crippen LogP contribution in [-0.4, -0.2) is 58.6 Å². The zero-order valence-corrected chi connectivity index (χ0v) is 22.7. The molecule has 2 N–H and O–H groups in total. The number of nitrogens with zero attached hydrogens (tertiary/aromatic N) is 4. The van der Waals surface area contributed by atoms with E-state index in [-0.39, 0.29) is 18.6 Å². The molecule has 3 rings (SSSR count). The maximum absolute atomic E-state index is 12.5. The van der Waals surface area contributed by atoms with Gasteiger partial charge < -0.3 is 20.3 Å². The molecule has 0 saturated carbocycles. The van der Waals surface area contributed by atoms with Gasteiger partial charge in [0, 0.05) is 66.2 Å². The summed E-state index contributed by atoms with van der Waals surface area (Å²) in [5, 5.41) is 0.986. The SMILES string of the molecule is C=C/C=C(/c1cc(C)nc2c(OCc3c(N)cncc3SCC(=O)N(C)C(C)C)cccc12)N(C)C. The molecule has 0 unspecified atom stereocenters. The van der Waals surface area contributed by atoms with Crippen molar-refractivity contribution in [1.82, 2.24) is 19.8 Å². The van der Waals surface area contributed by atoms with Crippen molar-refractivity contribution in [1.29, 1.82) is 0 Å². The fraction of sp³-hybridized carbons (Fsp3) is 0.321. The predicted octanol–water partition coefficient (Wildman–Crippen LogP) is 5.15. The first kappa shape index (κ1) is 27.1. The molecular formula is C28H35N5O2S. The lowest BCUT2D eigenvalue weighted by Gasteiger charge is -2.21. The Bertz CT molecular complexity index is 1290. The van der Waals surface area contributed by atoms with Gasteiger partial charge >= 0.3 is 0 Å². The van der Waals surface area contributed by atoms with Crippen molar-refractivity contribution in [3.63, 3.8) is 0 Å². The Morgan fingerprint density at radius 1 is 1.25 bits per heavy atom. The van der Waals surface area contributed by atoms with Crippen LogP contribution in [0.1, 0.15) is 30.7 Å². The van der Waals surface area contributed by atoms with Crippen LogP contribution >= 0.6 is 11.8 Å². The number of amides is 1. The molecule has 3 aromatic rings. The number of nitrogens with two attached hydrogens (primary N) is 1. The van der Waals surface area contributed by atoms with Gasteiger partial charge in [0.15, 0.2) is 0 Å². The molecule has 0 fully saturated rings. The Hall–Kier alpha value is -3.52. The molecule has 8 heteroatoms. The van der Waals surface area contributed by atoms with Gasteiger partial charge in [-0.15, -0.1) is 11.8 Å². The third-order valence-corrected chi connectivity index (χ3v) is 6.96. The van der Waals surface area contributed by atoms with E-state index in [1.807, 2.05) is 66.2 Å². The standard InChI is InChI=1S/C28H35N5O2S/c1-8-10-24(32(5)6)21-13-19(4)31-28-20(21)11-9-12-25(28)35-16-22-23(29)14-30-15-26(22)36-17-27(34)33(7)18(2)3/h8-15,18H,1,16-17,29H2,2-7H3/b24-10-. The molecule has 0 aliphatic heterocycles. The summed E-state index contributed by atoms with van der Waals surface area (Å²) in [6.45, 7) is 10.1. The molecule has 2 aromatic heterocycles. The van der Waals surface area contributed by atoms with Crippen LogP contribution in [0.4, 0.5) is 5.69 Å². The first-order valence-corrected chi connectivity index (χ1v) is 12.8. The summed E-state index contributed by atoms with van der Waals surface area (Å²) in [7, 11) is 5.82. The number of ether oxygens (including phenoxy) is 1. The number of thioether (sulfide) groups is 1. The van der Waals surface area contributed by atoms with Crippen molar-refractivity contribution >= 4 is 40.0 Å². The lowest BCUT2D eigenvalue weighted by molar-refractivity contribution is -0.128. The topological polar surface area (TPSA) is 84.6 Å². The number of carbonyl (C=O) groups is 1. The van der Waals surface area contributed by atoms with Crippen LogP contribution in [0.15, 0.2) is 60.3 Å². The van der Waals surface area contributed by atoms with E-state index in [1.165, 1.54) is 11.8 Å². The van der Waals surface area contributed by atoms with Gasteiger partial charge in [-0.2, -0.15) is 0 Å². The molecular weight excluding hydrogens is 470 g/mol. The summed E-state index contributed by atoms with van der Waals surface area (Å²) in [5.74, 6) is 1.01. The van der Waals surface area contributed by atoms with Crippen molar-refractivity contribution in [3.8, 4) is 5.75 Å². The van der Waals surface area contributed by atoms with E-state index >= 15 is 0 Å². The largest absolute Gasteiger partial charge is 0.486 e. The van der Waals surface area contributed by atoms with Gasteiger partial charge in [0.05, 0.1) is 17.6 Å². The monoisotopic (exact) mass is 505 g/mol. The second kappa shape index (κ2) is 11.9. The molecule has 190 valence electrons. The van der Waals surface area contributed by atoms with Crippen molar-refractivity contribution in [2.75, 3.05) is 32.6 Å². The first-order valence-electron chi connectivity index (χ1n) is 11.8. The molecule has 2 heterocycles. The number of rotatable bonds is 10. The molecule has 1 aromatic carbocycles. The Balaban J connectivity index is 1.92. The van der Waals surface area contributed by atoms with E-state index < -0.39 is 0 Å². The van der Waals surface area contributed by atoms with Gasteiger partial charge in [-0.25, -0.2) is 4.98 Å². The summed E-state index contributed by atoms with van der Waals surface area (Å²) >= 11 is 1.42. The number of nitrogen functional groups attached to an aromatic ring is 1. The van der Waals surface area contributed by atoms with Crippen molar-refractivity contribution < 1.29 is 9.53 Å². The molecule has 36 heavy (non-hydrogen) atoms. The maximum atomic E-state index is 12.5. The van der Waals surface area contributed by atoms with Crippen LogP contribution in [0.3, 0.4) is 0 Å². The lowest BCUT2D eigenvalue weighted by Crippen LogP contribution is -2.34. The molecule has 0 atom stereocenters. The highest BCUT2D eigenvalue weighted by Gasteiger charge is 2.17. The maximum Gasteiger partial charge on any atom is 0.232 e. The second-order valence-corrected chi connectivity index (χ2v) is 10.0. The summed E-state index contributed by atoms with van der Waals surface area (Å²) < 4.78 is 6.30. The number of hydrogen-bond donors (Lipinski definition) is 1. The average molecular weight is 506 g/mol. The van der Waals surface area contributed by atoms with Crippen molar-refractivity contribution in [2.45, 2.75) is 38.3 Å². The number of aromatic nitrogens is 2. The van der Waals surface area contributed by atoms with Crippen LogP contribution in [0.25, 0.3) is 16.6 Å².